The number of hydrogen-bond donors (Lipinski definition) is 3. The van der Waals surface area contributed by atoms with Crippen molar-refractivity contribution in [2.45, 2.75) is 38.8 Å². The maximum Gasteiger partial charge on any atom is 0.408 e. The van der Waals surface area contributed by atoms with Gasteiger partial charge in [-0.05, 0) is 118 Å². The van der Waals surface area contributed by atoms with Crippen molar-refractivity contribution in [1.82, 2.24) is 5.32 Å². The molecule has 0 saturated carbocycles. The van der Waals surface area contributed by atoms with E-state index in [4.69, 9.17) is 16.3 Å². The fourth-order valence-corrected chi connectivity index (χ4v) is 4.83. The molecule has 2 aromatic rings. The van der Waals surface area contributed by atoms with Gasteiger partial charge in [0.2, 0.25) is 5.91 Å². The van der Waals surface area contributed by atoms with Gasteiger partial charge in [0.15, 0.2) is 0 Å². The van der Waals surface area contributed by atoms with Crippen LogP contribution in [0.25, 0.3) is 0 Å². The lowest BCUT2D eigenvalue weighted by atomic mass is 10.0. The SMILES string of the molecule is CC(C)(C)OC(=O)N[C@H](Cc1cc(I)c(O)c(I)c1)C(=O)Nc1ccc(Cl)c(Br)c1. The van der Waals surface area contributed by atoms with E-state index in [1.54, 1.807) is 51.1 Å². The number of nitrogens with one attached hydrogen (secondary N) is 2. The molecule has 0 spiro atoms. The number of alkyl carbamates (subject to hydrolysis) is 1. The predicted octanol–water partition coefficient (Wildman–Crippen LogP) is 6.09. The van der Waals surface area contributed by atoms with Crippen LogP contribution in [0.5, 0.6) is 5.75 Å². The van der Waals surface area contributed by atoms with Crippen LogP contribution in [0, 0.1) is 7.14 Å². The molecule has 0 aromatic heterocycles. The van der Waals surface area contributed by atoms with Crippen molar-refractivity contribution in [3.8, 4) is 5.75 Å². The van der Waals surface area contributed by atoms with Gasteiger partial charge in [-0.15, -0.1) is 0 Å². The van der Waals surface area contributed by atoms with Gasteiger partial charge in [0.1, 0.15) is 17.4 Å². The maximum atomic E-state index is 13.0. The highest BCUT2D eigenvalue weighted by Gasteiger charge is 2.25. The number of anilines is 1. The van der Waals surface area contributed by atoms with Gasteiger partial charge in [-0.2, -0.15) is 0 Å². The summed E-state index contributed by atoms with van der Waals surface area (Å²) in [6.07, 6.45) is -0.477. The van der Waals surface area contributed by atoms with Crippen LogP contribution >= 0.6 is 72.7 Å². The van der Waals surface area contributed by atoms with Gasteiger partial charge in [-0.1, -0.05) is 11.6 Å². The van der Waals surface area contributed by atoms with E-state index in [0.29, 0.717) is 22.3 Å². The second-order valence-corrected chi connectivity index (χ2v) is 11.0. The molecule has 6 nitrogen and oxygen atoms in total. The molecule has 0 fully saturated rings. The van der Waals surface area contributed by atoms with Crippen LogP contribution < -0.4 is 10.6 Å². The molecule has 0 aliphatic carbocycles. The highest BCUT2D eigenvalue weighted by atomic mass is 127. The van der Waals surface area contributed by atoms with Gasteiger partial charge in [0, 0.05) is 16.6 Å². The number of carbonyl (C=O) groups excluding carboxylic acids is 2. The number of benzene rings is 2. The zero-order valence-electron chi connectivity index (χ0n) is 16.4. The molecule has 0 radical (unpaired) electrons. The van der Waals surface area contributed by atoms with Gasteiger partial charge in [0.05, 0.1) is 12.2 Å². The Morgan fingerprint density at radius 1 is 1.20 bits per heavy atom. The Balaban J connectivity index is 2.26. The average Bonchev–Trinajstić information content (AvgIpc) is 2.60. The summed E-state index contributed by atoms with van der Waals surface area (Å²) in [6, 6.07) is 7.65. The minimum Gasteiger partial charge on any atom is -0.506 e. The Morgan fingerprint density at radius 2 is 1.80 bits per heavy atom. The number of phenols is 1. The van der Waals surface area contributed by atoms with Crippen LogP contribution in [0.15, 0.2) is 34.8 Å². The largest absolute Gasteiger partial charge is 0.506 e. The fraction of sp³-hybridized carbons (Fsp3) is 0.300. The van der Waals surface area contributed by atoms with Crippen molar-refractivity contribution >= 4 is 90.4 Å². The van der Waals surface area contributed by atoms with Crippen LogP contribution in [0.2, 0.25) is 5.02 Å². The lowest BCUT2D eigenvalue weighted by Gasteiger charge is -2.23. The molecule has 0 unspecified atom stereocenters. The molecule has 30 heavy (non-hydrogen) atoms. The van der Waals surface area contributed by atoms with E-state index in [2.05, 4.69) is 26.6 Å². The molecule has 0 saturated heterocycles. The van der Waals surface area contributed by atoms with E-state index in [-0.39, 0.29) is 12.2 Å². The molecule has 2 rings (SSSR count). The third kappa shape index (κ3) is 7.72. The van der Waals surface area contributed by atoms with Crippen LogP contribution in [0.1, 0.15) is 26.3 Å². The molecule has 0 aliphatic rings. The third-order valence-corrected chi connectivity index (χ3v) is 6.57. The molecule has 2 amide bonds. The van der Waals surface area contributed by atoms with E-state index >= 15 is 0 Å². The minimum absolute atomic E-state index is 0.187. The number of rotatable bonds is 5. The molecule has 2 aromatic carbocycles. The zero-order chi connectivity index (χ0) is 22.6. The summed E-state index contributed by atoms with van der Waals surface area (Å²) in [5, 5.41) is 15.9. The van der Waals surface area contributed by atoms with Gasteiger partial charge >= 0.3 is 6.09 Å². The van der Waals surface area contributed by atoms with Crippen molar-refractivity contribution in [2.24, 2.45) is 0 Å². The molecule has 3 N–H and O–H groups in total. The monoisotopic (exact) mass is 720 g/mol. The first-order chi connectivity index (χ1) is 13.9. The Hall–Kier alpha value is -0.790. The second-order valence-electron chi connectivity index (χ2n) is 7.43. The molecule has 1 atom stereocenters. The summed E-state index contributed by atoms with van der Waals surface area (Å²) in [4.78, 5) is 25.3. The van der Waals surface area contributed by atoms with E-state index in [1.807, 2.05) is 45.2 Å². The number of ether oxygens (including phenoxy) is 1. The van der Waals surface area contributed by atoms with Gasteiger partial charge in [0.25, 0.3) is 0 Å². The van der Waals surface area contributed by atoms with Crippen molar-refractivity contribution < 1.29 is 19.4 Å². The number of hydrogen-bond acceptors (Lipinski definition) is 4. The molecular formula is C20H20BrClI2N2O4. The van der Waals surface area contributed by atoms with Crippen LogP contribution in [-0.2, 0) is 16.0 Å². The lowest BCUT2D eigenvalue weighted by Crippen LogP contribution is -2.47. The number of carbonyl (C=O) groups is 2. The summed E-state index contributed by atoms with van der Waals surface area (Å²) < 4.78 is 7.27. The number of amides is 2. The smallest absolute Gasteiger partial charge is 0.408 e. The highest BCUT2D eigenvalue weighted by Crippen LogP contribution is 2.28. The van der Waals surface area contributed by atoms with E-state index in [0.717, 1.165) is 5.56 Å². The summed E-state index contributed by atoms with van der Waals surface area (Å²) in [5.74, 6) is -0.222. The van der Waals surface area contributed by atoms with Crippen molar-refractivity contribution in [3.63, 3.8) is 0 Å². The van der Waals surface area contributed by atoms with E-state index in [1.165, 1.54) is 0 Å². The molecule has 10 heteroatoms. The number of halogens is 4. The predicted molar refractivity (Wildman–Crippen MR) is 138 cm³/mol. The van der Waals surface area contributed by atoms with Crippen molar-refractivity contribution in [3.05, 3.63) is 52.5 Å². The molecule has 0 aliphatic heterocycles. The quantitative estimate of drug-likeness (QED) is 0.327. The Morgan fingerprint density at radius 3 is 2.33 bits per heavy atom. The van der Waals surface area contributed by atoms with Crippen LogP contribution in [0.4, 0.5) is 10.5 Å². The molecule has 0 bridgehead atoms. The summed E-state index contributed by atoms with van der Waals surface area (Å²) in [7, 11) is 0. The molecule has 162 valence electrons. The first-order valence-electron chi connectivity index (χ1n) is 8.78. The minimum atomic E-state index is -0.898. The summed E-state index contributed by atoms with van der Waals surface area (Å²) in [5.41, 5.74) is 0.618. The lowest BCUT2D eigenvalue weighted by molar-refractivity contribution is -0.118. The average molecular weight is 722 g/mol. The van der Waals surface area contributed by atoms with Gasteiger partial charge < -0.3 is 20.5 Å². The summed E-state index contributed by atoms with van der Waals surface area (Å²) >= 11 is 13.4. The molecular weight excluding hydrogens is 701 g/mol. The maximum absolute atomic E-state index is 13.0. The van der Waals surface area contributed by atoms with Crippen molar-refractivity contribution in [2.75, 3.05) is 5.32 Å². The second kappa shape index (κ2) is 10.7. The zero-order valence-corrected chi connectivity index (χ0v) is 23.0. The highest BCUT2D eigenvalue weighted by molar-refractivity contribution is 14.1. The first-order valence-corrected chi connectivity index (χ1v) is 12.1. The summed E-state index contributed by atoms with van der Waals surface area (Å²) in [6.45, 7) is 5.24. The fourth-order valence-electron chi connectivity index (χ4n) is 2.43. The third-order valence-electron chi connectivity index (χ3n) is 3.71. The van der Waals surface area contributed by atoms with Crippen LogP contribution in [-0.4, -0.2) is 28.7 Å². The number of phenolic OH excluding ortho intramolecular Hbond substituents is 1. The van der Waals surface area contributed by atoms with Gasteiger partial charge in [-0.3, -0.25) is 4.79 Å². The standard InChI is InChI=1S/C20H20BrClI2N2O4/c1-20(2,3)30-19(29)26-16(8-10-6-14(23)17(27)15(24)7-10)18(28)25-11-4-5-13(22)12(21)9-11/h4-7,9,16,27H,8H2,1-3H3,(H,25,28)(H,26,29)/t16-/m1/s1. The van der Waals surface area contributed by atoms with Gasteiger partial charge in [-0.25, -0.2) is 4.79 Å². The van der Waals surface area contributed by atoms with Crippen LogP contribution in [0.3, 0.4) is 0 Å². The Bertz CT molecular complexity index is 943. The Kier molecular flexibility index (Phi) is 9.07. The normalized spacial score (nSPS) is 12.2. The van der Waals surface area contributed by atoms with Crippen molar-refractivity contribution in [1.29, 1.82) is 0 Å². The Labute approximate surface area is 215 Å². The number of aromatic hydroxyl groups is 1. The molecule has 0 heterocycles. The topological polar surface area (TPSA) is 87.7 Å². The van der Waals surface area contributed by atoms with E-state index < -0.39 is 23.6 Å². The first kappa shape index (κ1) is 25.5. The van der Waals surface area contributed by atoms with E-state index in [9.17, 15) is 14.7 Å².